The fourth-order valence-electron chi connectivity index (χ4n) is 0.966. The Balaban J connectivity index is 2.99. The largest absolute Gasteiger partial charge is 0.306 e. The van der Waals surface area contributed by atoms with Gasteiger partial charge in [0.1, 0.15) is 11.2 Å². The highest BCUT2D eigenvalue weighted by Crippen LogP contribution is 2.27. The van der Waals surface area contributed by atoms with E-state index in [4.69, 9.17) is 11.6 Å². The first-order valence-electron chi connectivity index (χ1n) is 4.17. The third-order valence-electron chi connectivity index (χ3n) is 1.66. The first kappa shape index (κ1) is 12.1. The zero-order valence-corrected chi connectivity index (χ0v) is 10.0. The minimum atomic E-state index is -0.544. The van der Waals surface area contributed by atoms with Gasteiger partial charge in [-0.15, -0.1) is 0 Å². The molecular formula is C9H8BrClN2O2. The van der Waals surface area contributed by atoms with Gasteiger partial charge in [0.2, 0.25) is 0 Å². The lowest BCUT2D eigenvalue weighted by Crippen LogP contribution is -1.92. The van der Waals surface area contributed by atoms with Crippen LogP contribution in [0.3, 0.4) is 0 Å². The van der Waals surface area contributed by atoms with Crippen molar-refractivity contribution in [3.05, 3.63) is 39.2 Å². The molecule has 1 heterocycles. The van der Waals surface area contributed by atoms with Crippen molar-refractivity contribution >= 4 is 39.3 Å². The second-order valence-corrected chi connectivity index (χ2v) is 3.87. The van der Waals surface area contributed by atoms with Crippen molar-refractivity contribution in [1.82, 2.24) is 4.98 Å². The van der Waals surface area contributed by atoms with E-state index in [1.54, 1.807) is 6.08 Å². The molecule has 6 heteroatoms. The molecule has 0 saturated heterocycles. The van der Waals surface area contributed by atoms with Crippen molar-refractivity contribution in [1.29, 1.82) is 0 Å². The topological polar surface area (TPSA) is 56.0 Å². The maximum absolute atomic E-state index is 10.6. The normalized spacial score (nSPS) is 10.8. The van der Waals surface area contributed by atoms with Crippen molar-refractivity contribution in [2.45, 2.75) is 6.42 Å². The van der Waals surface area contributed by atoms with Gasteiger partial charge in [-0.3, -0.25) is 15.1 Å². The van der Waals surface area contributed by atoms with Crippen LogP contribution in [0.4, 0.5) is 5.69 Å². The van der Waals surface area contributed by atoms with E-state index in [-0.39, 0.29) is 10.7 Å². The summed E-state index contributed by atoms with van der Waals surface area (Å²) in [4.78, 5) is 13.8. The van der Waals surface area contributed by atoms with E-state index in [1.165, 1.54) is 6.20 Å². The summed E-state index contributed by atoms with van der Waals surface area (Å²) in [5, 5.41) is 11.5. The molecule has 0 N–H and O–H groups in total. The molecule has 0 atom stereocenters. The summed E-state index contributed by atoms with van der Waals surface area (Å²) in [6, 6.07) is 0. The highest BCUT2D eigenvalue weighted by atomic mass is 79.9. The van der Waals surface area contributed by atoms with Crippen LogP contribution in [0.5, 0.6) is 0 Å². The molecule has 1 aromatic rings. The molecule has 0 amide bonds. The van der Waals surface area contributed by atoms with E-state index in [0.717, 1.165) is 17.9 Å². The number of hydrogen-bond acceptors (Lipinski definition) is 3. The summed E-state index contributed by atoms with van der Waals surface area (Å²) in [5.74, 6) is 0. The number of rotatable bonds is 4. The maximum Gasteiger partial charge on any atom is 0.306 e. The standard InChI is InChI=1S/C9H8BrClN2O2/c10-4-2-1-3-7-5-12-6-8(9(7)11)13(14)15/h1,3,5-6H,2,4H2. The Morgan fingerprint density at radius 3 is 2.93 bits per heavy atom. The maximum atomic E-state index is 10.6. The molecule has 0 spiro atoms. The van der Waals surface area contributed by atoms with Crippen LogP contribution >= 0.6 is 27.5 Å². The van der Waals surface area contributed by atoms with Crippen LogP contribution in [0.1, 0.15) is 12.0 Å². The first-order chi connectivity index (χ1) is 7.16. The van der Waals surface area contributed by atoms with E-state index in [1.807, 2.05) is 6.08 Å². The quantitative estimate of drug-likeness (QED) is 0.485. The van der Waals surface area contributed by atoms with E-state index < -0.39 is 4.92 Å². The van der Waals surface area contributed by atoms with Crippen LogP contribution < -0.4 is 0 Å². The van der Waals surface area contributed by atoms with E-state index in [0.29, 0.717) is 5.56 Å². The molecule has 1 aromatic heterocycles. The van der Waals surface area contributed by atoms with Gasteiger partial charge in [-0.05, 0) is 6.42 Å². The molecule has 0 unspecified atom stereocenters. The van der Waals surface area contributed by atoms with Crippen LogP contribution in [0.2, 0.25) is 5.02 Å². The van der Waals surface area contributed by atoms with Gasteiger partial charge < -0.3 is 0 Å². The smallest absolute Gasteiger partial charge is 0.258 e. The number of nitrogens with zero attached hydrogens (tertiary/aromatic N) is 2. The molecule has 0 aliphatic carbocycles. The molecule has 4 nitrogen and oxygen atoms in total. The van der Waals surface area contributed by atoms with Crippen LogP contribution in [-0.2, 0) is 0 Å². The molecule has 0 aromatic carbocycles. The van der Waals surface area contributed by atoms with Crippen molar-refractivity contribution in [2.24, 2.45) is 0 Å². The number of alkyl halides is 1. The van der Waals surface area contributed by atoms with Crippen molar-refractivity contribution in [3.63, 3.8) is 0 Å². The van der Waals surface area contributed by atoms with Gasteiger partial charge >= 0.3 is 5.69 Å². The minimum Gasteiger partial charge on any atom is -0.258 e. The fraction of sp³-hybridized carbons (Fsp3) is 0.222. The molecular weight excluding hydrogens is 283 g/mol. The summed E-state index contributed by atoms with van der Waals surface area (Å²) in [6.45, 7) is 0. The Kier molecular flexibility index (Phi) is 4.71. The van der Waals surface area contributed by atoms with Gasteiger partial charge in [-0.25, -0.2) is 0 Å². The van der Waals surface area contributed by atoms with Gasteiger partial charge in [-0.1, -0.05) is 39.7 Å². The third kappa shape index (κ3) is 3.28. The zero-order valence-electron chi connectivity index (χ0n) is 7.69. The molecule has 0 aliphatic heterocycles. The summed E-state index contributed by atoms with van der Waals surface area (Å²) < 4.78 is 0. The van der Waals surface area contributed by atoms with Crippen LogP contribution in [0, 0.1) is 10.1 Å². The molecule has 15 heavy (non-hydrogen) atoms. The molecule has 80 valence electrons. The minimum absolute atomic E-state index is 0.126. The average Bonchev–Trinajstić information content (AvgIpc) is 2.20. The summed E-state index contributed by atoms with van der Waals surface area (Å²) in [7, 11) is 0. The number of nitro groups is 1. The Bertz CT molecular complexity index is 396. The van der Waals surface area contributed by atoms with Gasteiger partial charge in [0.15, 0.2) is 0 Å². The Morgan fingerprint density at radius 1 is 1.60 bits per heavy atom. The van der Waals surface area contributed by atoms with E-state index in [9.17, 15) is 10.1 Å². The number of allylic oxidation sites excluding steroid dienone is 1. The van der Waals surface area contributed by atoms with Crippen LogP contribution in [0.15, 0.2) is 18.5 Å². The van der Waals surface area contributed by atoms with E-state index >= 15 is 0 Å². The predicted octanol–water partition coefficient (Wildman–Crippen LogP) is 3.44. The second kappa shape index (κ2) is 5.82. The number of pyridine rings is 1. The molecule has 0 bridgehead atoms. The first-order valence-corrected chi connectivity index (χ1v) is 5.67. The van der Waals surface area contributed by atoms with Gasteiger partial charge in [-0.2, -0.15) is 0 Å². The SMILES string of the molecule is O=[N+]([O-])c1cncc(C=CCCBr)c1Cl. The van der Waals surface area contributed by atoms with Gasteiger partial charge in [0.25, 0.3) is 0 Å². The summed E-state index contributed by atoms with van der Waals surface area (Å²) in [5.41, 5.74) is 0.393. The second-order valence-electron chi connectivity index (χ2n) is 2.70. The van der Waals surface area contributed by atoms with Crippen LogP contribution in [-0.4, -0.2) is 15.2 Å². The van der Waals surface area contributed by atoms with Gasteiger partial charge in [0.05, 0.1) is 4.92 Å². The zero-order chi connectivity index (χ0) is 11.3. The van der Waals surface area contributed by atoms with E-state index in [2.05, 4.69) is 20.9 Å². The molecule has 0 fully saturated rings. The lowest BCUT2D eigenvalue weighted by molar-refractivity contribution is -0.385. The highest BCUT2D eigenvalue weighted by molar-refractivity contribution is 9.09. The monoisotopic (exact) mass is 290 g/mol. The molecule has 0 aliphatic rings. The third-order valence-corrected chi connectivity index (χ3v) is 2.53. The number of halogens is 2. The van der Waals surface area contributed by atoms with Crippen molar-refractivity contribution in [3.8, 4) is 0 Å². The Hall–Kier alpha value is -0.940. The number of hydrogen-bond donors (Lipinski definition) is 0. The molecule has 0 saturated carbocycles. The number of aromatic nitrogens is 1. The predicted molar refractivity (Wildman–Crippen MR) is 63.3 cm³/mol. The lowest BCUT2D eigenvalue weighted by atomic mass is 10.2. The van der Waals surface area contributed by atoms with Gasteiger partial charge in [0, 0.05) is 17.1 Å². The molecule has 0 radical (unpaired) electrons. The van der Waals surface area contributed by atoms with Crippen LogP contribution in [0.25, 0.3) is 6.08 Å². The summed E-state index contributed by atoms with van der Waals surface area (Å²) in [6.07, 6.45) is 7.08. The highest BCUT2D eigenvalue weighted by Gasteiger charge is 2.14. The van der Waals surface area contributed by atoms with Crippen molar-refractivity contribution in [2.75, 3.05) is 5.33 Å². The molecule has 1 rings (SSSR count). The average molecular weight is 292 g/mol. The Labute approximate surface area is 100 Å². The van der Waals surface area contributed by atoms with Crippen molar-refractivity contribution < 1.29 is 4.92 Å². The lowest BCUT2D eigenvalue weighted by Gasteiger charge is -1.98. The fourth-order valence-corrected chi connectivity index (χ4v) is 1.46. The summed E-state index contributed by atoms with van der Waals surface area (Å²) >= 11 is 9.11. The Morgan fingerprint density at radius 2 is 2.33 bits per heavy atom.